The van der Waals surface area contributed by atoms with Crippen LogP contribution in [0.25, 0.3) is 0 Å². The molecule has 2 aromatic heterocycles. The van der Waals surface area contributed by atoms with Crippen molar-refractivity contribution < 1.29 is 0 Å². The maximum atomic E-state index is 4.23. The lowest BCUT2D eigenvalue weighted by molar-refractivity contribution is 0.628. The monoisotopic (exact) mass is 374 g/mol. The van der Waals surface area contributed by atoms with Gasteiger partial charge in [-0.25, -0.2) is 0 Å². The van der Waals surface area contributed by atoms with E-state index in [1.54, 1.807) is 17.5 Å². The molecular formula is C12H12Br2N2S. The summed E-state index contributed by atoms with van der Waals surface area (Å²) in [7, 11) is 0. The van der Waals surface area contributed by atoms with Crippen LogP contribution in [0.4, 0.5) is 0 Å². The van der Waals surface area contributed by atoms with Crippen LogP contribution in [-0.4, -0.2) is 11.5 Å². The number of hydrogen-bond acceptors (Lipinski definition) is 3. The zero-order chi connectivity index (χ0) is 12.3. The van der Waals surface area contributed by atoms with Gasteiger partial charge in [0.1, 0.15) is 0 Å². The highest BCUT2D eigenvalue weighted by Gasteiger charge is 2.17. The molecule has 0 saturated heterocycles. The number of rotatable bonds is 4. The van der Waals surface area contributed by atoms with E-state index in [-0.39, 0.29) is 6.04 Å². The fraction of sp³-hybridized carbons (Fsp3) is 0.250. The highest BCUT2D eigenvalue weighted by Crippen LogP contribution is 2.32. The Hall–Kier alpha value is -0.230. The van der Waals surface area contributed by atoms with Crippen LogP contribution in [0.2, 0.25) is 0 Å². The van der Waals surface area contributed by atoms with Crippen molar-refractivity contribution in [3.05, 3.63) is 49.3 Å². The Morgan fingerprint density at radius 3 is 2.76 bits per heavy atom. The minimum absolute atomic E-state index is 0.186. The quantitative estimate of drug-likeness (QED) is 0.858. The lowest BCUT2D eigenvalue weighted by Gasteiger charge is -2.18. The number of halogens is 2. The highest BCUT2D eigenvalue weighted by atomic mass is 79.9. The van der Waals surface area contributed by atoms with E-state index in [1.807, 2.05) is 6.20 Å². The second-order valence-corrected chi connectivity index (χ2v) is 6.12. The van der Waals surface area contributed by atoms with Gasteiger partial charge in [-0.15, -0.1) is 0 Å². The number of thiophene rings is 1. The summed E-state index contributed by atoms with van der Waals surface area (Å²) in [6.07, 6.45) is 3.71. The predicted molar refractivity (Wildman–Crippen MR) is 79.5 cm³/mol. The van der Waals surface area contributed by atoms with E-state index in [0.717, 1.165) is 15.5 Å². The fourth-order valence-corrected chi connectivity index (χ4v) is 3.63. The van der Waals surface area contributed by atoms with Crippen molar-refractivity contribution in [2.45, 2.75) is 13.0 Å². The molecule has 2 nitrogen and oxygen atoms in total. The molecule has 5 heteroatoms. The highest BCUT2D eigenvalue weighted by molar-refractivity contribution is 9.10. The number of nitrogens with zero attached hydrogens (tertiary/aromatic N) is 1. The van der Waals surface area contributed by atoms with Gasteiger partial charge in [0.25, 0.3) is 0 Å². The second-order valence-electron chi connectivity index (χ2n) is 3.60. The average molecular weight is 376 g/mol. The number of pyridine rings is 1. The van der Waals surface area contributed by atoms with Crippen molar-refractivity contribution in [1.82, 2.24) is 10.3 Å². The van der Waals surface area contributed by atoms with Crippen molar-refractivity contribution in [2.24, 2.45) is 0 Å². The molecule has 0 amide bonds. The van der Waals surface area contributed by atoms with E-state index in [1.165, 1.54) is 11.1 Å². The van der Waals surface area contributed by atoms with Crippen molar-refractivity contribution in [3.8, 4) is 0 Å². The molecule has 0 aliphatic rings. The van der Waals surface area contributed by atoms with E-state index in [0.29, 0.717) is 0 Å². The first-order valence-corrected chi connectivity index (χ1v) is 7.80. The maximum absolute atomic E-state index is 4.23. The maximum Gasteiger partial charge on any atom is 0.0611 e. The third-order valence-corrected chi connectivity index (χ3v) is 4.61. The molecule has 2 aromatic rings. The Morgan fingerprint density at radius 1 is 1.35 bits per heavy atom. The van der Waals surface area contributed by atoms with Gasteiger partial charge in [0.05, 0.1) is 6.04 Å². The number of aromatic nitrogens is 1. The molecule has 17 heavy (non-hydrogen) atoms. The fourth-order valence-electron chi connectivity index (χ4n) is 1.69. The summed E-state index contributed by atoms with van der Waals surface area (Å²) in [5, 5.41) is 7.75. The van der Waals surface area contributed by atoms with Crippen molar-refractivity contribution >= 4 is 43.2 Å². The Kier molecular flexibility index (Phi) is 4.73. The molecule has 0 spiro atoms. The number of hydrogen-bond donors (Lipinski definition) is 1. The lowest BCUT2D eigenvalue weighted by Crippen LogP contribution is -2.22. The zero-order valence-electron chi connectivity index (χ0n) is 9.28. The Labute approximate surface area is 122 Å². The molecule has 0 aliphatic heterocycles. The van der Waals surface area contributed by atoms with E-state index in [4.69, 9.17) is 0 Å². The van der Waals surface area contributed by atoms with Gasteiger partial charge in [0.2, 0.25) is 0 Å². The van der Waals surface area contributed by atoms with Crippen molar-refractivity contribution in [2.75, 3.05) is 6.54 Å². The van der Waals surface area contributed by atoms with Crippen LogP contribution in [0.15, 0.2) is 38.2 Å². The zero-order valence-corrected chi connectivity index (χ0v) is 13.3. The molecule has 1 atom stereocenters. The molecule has 0 radical (unpaired) electrons. The van der Waals surface area contributed by atoms with Gasteiger partial charge in [-0.05, 0) is 61.0 Å². The minimum Gasteiger partial charge on any atom is -0.306 e. The molecule has 0 aliphatic carbocycles. The van der Waals surface area contributed by atoms with Crippen LogP contribution in [0.3, 0.4) is 0 Å². The molecule has 2 rings (SSSR count). The molecular weight excluding hydrogens is 364 g/mol. The summed E-state index contributed by atoms with van der Waals surface area (Å²) in [6, 6.07) is 2.29. The SMILES string of the molecule is CCNC(c1cncc(Br)c1)c1cscc1Br. The van der Waals surface area contributed by atoms with Gasteiger partial charge < -0.3 is 5.32 Å². The van der Waals surface area contributed by atoms with Gasteiger partial charge in [-0.3, -0.25) is 4.98 Å². The smallest absolute Gasteiger partial charge is 0.0611 e. The average Bonchev–Trinajstić information content (AvgIpc) is 2.72. The minimum atomic E-state index is 0.186. The molecule has 0 fully saturated rings. The molecule has 90 valence electrons. The molecule has 1 N–H and O–H groups in total. The summed E-state index contributed by atoms with van der Waals surface area (Å²) in [5.41, 5.74) is 2.43. The van der Waals surface area contributed by atoms with E-state index >= 15 is 0 Å². The normalized spacial score (nSPS) is 12.6. The standard InChI is InChI=1S/C12H12Br2N2S/c1-2-16-12(10-6-17-7-11(10)14)8-3-9(13)5-15-4-8/h3-7,12,16H,2H2,1H3. The first-order chi connectivity index (χ1) is 8.22. The van der Waals surface area contributed by atoms with Gasteiger partial charge in [-0.2, -0.15) is 11.3 Å². The summed E-state index contributed by atoms with van der Waals surface area (Å²) in [5.74, 6) is 0. The third-order valence-electron chi connectivity index (χ3n) is 2.42. The first kappa shape index (κ1) is 13.2. The topological polar surface area (TPSA) is 24.9 Å². The summed E-state index contributed by atoms with van der Waals surface area (Å²) in [6.45, 7) is 3.03. The van der Waals surface area contributed by atoms with Crippen molar-refractivity contribution in [1.29, 1.82) is 0 Å². The van der Waals surface area contributed by atoms with Gasteiger partial charge >= 0.3 is 0 Å². The Balaban J connectivity index is 2.39. The second kappa shape index (κ2) is 6.09. The Bertz CT molecular complexity index is 499. The Morgan fingerprint density at radius 2 is 2.18 bits per heavy atom. The van der Waals surface area contributed by atoms with Crippen LogP contribution < -0.4 is 5.32 Å². The van der Waals surface area contributed by atoms with Crippen LogP contribution in [-0.2, 0) is 0 Å². The van der Waals surface area contributed by atoms with Crippen LogP contribution in [0.5, 0.6) is 0 Å². The van der Waals surface area contributed by atoms with Gasteiger partial charge in [0, 0.05) is 26.7 Å². The third kappa shape index (κ3) is 3.16. The summed E-state index contributed by atoms with van der Waals surface area (Å²) in [4.78, 5) is 4.23. The van der Waals surface area contributed by atoms with Crippen molar-refractivity contribution in [3.63, 3.8) is 0 Å². The molecule has 1 unspecified atom stereocenters. The van der Waals surface area contributed by atoms with E-state index in [9.17, 15) is 0 Å². The lowest BCUT2D eigenvalue weighted by atomic mass is 10.0. The van der Waals surface area contributed by atoms with Crippen LogP contribution in [0, 0.1) is 0 Å². The first-order valence-electron chi connectivity index (χ1n) is 5.27. The summed E-state index contributed by atoms with van der Waals surface area (Å²) >= 11 is 8.76. The van der Waals surface area contributed by atoms with Gasteiger partial charge in [-0.1, -0.05) is 6.92 Å². The molecule has 2 heterocycles. The summed E-state index contributed by atoms with van der Waals surface area (Å²) < 4.78 is 2.15. The van der Waals surface area contributed by atoms with E-state index < -0.39 is 0 Å². The predicted octanol–water partition coefficient (Wildman–Crippen LogP) is 4.37. The van der Waals surface area contributed by atoms with Crippen LogP contribution in [0.1, 0.15) is 24.1 Å². The largest absolute Gasteiger partial charge is 0.306 e. The molecule has 0 saturated carbocycles. The molecule has 0 aromatic carbocycles. The number of nitrogens with one attached hydrogen (secondary N) is 1. The van der Waals surface area contributed by atoms with Gasteiger partial charge in [0.15, 0.2) is 0 Å². The molecule has 0 bridgehead atoms. The van der Waals surface area contributed by atoms with E-state index in [2.05, 4.69) is 65.9 Å². The van der Waals surface area contributed by atoms with Crippen LogP contribution >= 0.6 is 43.2 Å².